The van der Waals surface area contributed by atoms with E-state index in [9.17, 15) is 0 Å². The summed E-state index contributed by atoms with van der Waals surface area (Å²) in [6.45, 7) is 0. The Hall–Kier alpha value is -0.820. The standard InChI is InChI=1S/C11H10BrClN4S/c12-9-10(17-14)15-6-16-11(9)18-5-7-1-3-8(13)4-2-7/h1-4,6H,5,14H2,(H,15,16,17). The molecule has 0 bridgehead atoms. The second-order valence-electron chi connectivity index (χ2n) is 3.40. The molecule has 1 heterocycles. The summed E-state index contributed by atoms with van der Waals surface area (Å²) in [5, 5.41) is 1.58. The molecule has 3 N–H and O–H groups in total. The first kappa shape index (κ1) is 13.6. The van der Waals surface area contributed by atoms with Gasteiger partial charge < -0.3 is 5.43 Å². The van der Waals surface area contributed by atoms with E-state index < -0.39 is 0 Å². The Bertz CT molecular complexity index is 535. The molecule has 1 aromatic carbocycles. The van der Waals surface area contributed by atoms with E-state index in [-0.39, 0.29) is 0 Å². The van der Waals surface area contributed by atoms with Gasteiger partial charge in [-0.15, -0.1) is 11.8 Å². The van der Waals surface area contributed by atoms with Gasteiger partial charge in [0.05, 0.1) is 4.47 Å². The highest BCUT2D eigenvalue weighted by atomic mass is 79.9. The molecule has 0 aliphatic heterocycles. The molecule has 0 aliphatic carbocycles. The molecule has 2 aromatic rings. The summed E-state index contributed by atoms with van der Waals surface area (Å²) < 4.78 is 0.770. The molecule has 18 heavy (non-hydrogen) atoms. The van der Waals surface area contributed by atoms with E-state index >= 15 is 0 Å². The molecule has 0 fully saturated rings. The number of hydrazine groups is 1. The van der Waals surface area contributed by atoms with Gasteiger partial charge in [0.15, 0.2) is 5.82 Å². The Morgan fingerprint density at radius 1 is 1.28 bits per heavy atom. The predicted octanol–water partition coefficient (Wildman–Crippen LogP) is 3.47. The number of nitrogens with zero attached hydrogens (tertiary/aromatic N) is 2. The van der Waals surface area contributed by atoms with Crippen molar-refractivity contribution in [1.29, 1.82) is 0 Å². The molecule has 94 valence electrons. The molecule has 4 nitrogen and oxygen atoms in total. The van der Waals surface area contributed by atoms with Gasteiger partial charge in [-0.25, -0.2) is 15.8 Å². The van der Waals surface area contributed by atoms with E-state index in [1.165, 1.54) is 11.9 Å². The van der Waals surface area contributed by atoms with Crippen molar-refractivity contribution < 1.29 is 0 Å². The van der Waals surface area contributed by atoms with Crippen LogP contribution in [0.3, 0.4) is 0 Å². The summed E-state index contributed by atoms with van der Waals surface area (Å²) in [6.07, 6.45) is 1.48. The first-order valence-electron chi connectivity index (χ1n) is 5.05. The van der Waals surface area contributed by atoms with E-state index in [1.54, 1.807) is 11.8 Å². The Morgan fingerprint density at radius 3 is 2.67 bits per heavy atom. The van der Waals surface area contributed by atoms with E-state index in [2.05, 4.69) is 31.3 Å². The monoisotopic (exact) mass is 344 g/mol. The molecule has 0 saturated carbocycles. The van der Waals surface area contributed by atoms with Crippen LogP contribution in [-0.2, 0) is 5.75 Å². The molecule has 0 atom stereocenters. The minimum Gasteiger partial charge on any atom is -0.307 e. The first-order chi connectivity index (χ1) is 8.70. The molecule has 0 aliphatic rings. The van der Waals surface area contributed by atoms with Crippen molar-refractivity contribution in [2.75, 3.05) is 5.43 Å². The number of aromatic nitrogens is 2. The Labute approximate surface area is 122 Å². The van der Waals surface area contributed by atoms with E-state index in [1.807, 2.05) is 24.3 Å². The summed E-state index contributed by atoms with van der Waals surface area (Å²) in [5.74, 6) is 6.72. The number of thioether (sulfide) groups is 1. The molecule has 0 radical (unpaired) electrons. The highest BCUT2D eigenvalue weighted by Crippen LogP contribution is 2.31. The first-order valence-corrected chi connectivity index (χ1v) is 7.20. The minimum atomic E-state index is 0.573. The number of nitrogens with one attached hydrogen (secondary N) is 1. The summed E-state index contributed by atoms with van der Waals surface area (Å²) in [6, 6.07) is 7.73. The number of nitrogens with two attached hydrogens (primary N) is 1. The van der Waals surface area contributed by atoms with E-state index in [4.69, 9.17) is 17.4 Å². The van der Waals surface area contributed by atoms with Crippen LogP contribution < -0.4 is 11.3 Å². The summed E-state index contributed by atoms with van der Waals surface area (Å²) in [7, 11) is 0. The zero-order chi connectivity index (χ0) is 13.0. The Balaban J connectivity index is 2.08. The van der Waals surface area contributed by atoms with E-state index in [0.29, 0.717) is 5.82 Å². The molecule has 2 rings (SSSR count). The fourth-order valence-electron chi connectivity index (χ4n) is 1.29. The summed E-state index contributed by atoms with van der Waals surface area (Å²) >= 11 is 10.9. The highest BCUT2D eigenvalue weighted by Gasteiger charge is 2.08. The van der Waals surface area contributed by atoms with Crippen LogP contribution in [-0.4, -0.2) is 9.97 Å². The van der Waals surface area contributed by atoms with Gasteiger partial charge in [-0.05, 0) is 33.6 Å². The third kappa shape index (κ3) is 3.35. The molecule has 0 spiro atoms. The number of anilines is 1. The highest BCUT2D eigenvalue weighted by molar-refractivity contribution is 9.10. The number of hydrogen-bond donors (Lipinski definition) is 2. The second-order valence-corrected chi connectivity index (χ2v) is 5.59. The largest absolute Gasteiger partial charge is 0.307 e. The lowest BCUT2D eigenvalue weighted by molar-refractivity contribution is 1.02. The van der Waals surface area contributed by atoms with Crippen molar-refractivity contribution in [1.82, 2.24) is 9.97 Å². The normalized spacial score (nSPS) is 10.4. The quantitative estimate of drug-likeness (QED) is 0.384. The maximum Gasteiger partial charge on any atom is 0.158 e. The lowest BCUT2D eigenvalue weighted by atomic mass is 10.2. The topological polar surface area (TPSA) is 63.8 Å². The molecule has 0 unspecified atom stereocenters. The lowest BCUT2D eigenvalue weighted by Crippen LogP contribution is -2.09. The van der Waals surface area contributed by atoms with Gasteiger partial charge in [0, 0.05) is 10.8 Å². The molecular formula is C11H10BrClN4S. The zero-order valence-corrected chi connectivity index (χ0v) is 12.4. The number of rotatable bonds is 4. The maximum atomic E-state index is 5.84. The number of benzene rings is 1. The molecule has 1 aromatic heterocycles. The van der Waals surface area contributed by atoms with Crippen LogP contribution in [0.1, 0.15) is 5.56 Å². The van der Waals surface area contributed by atoms with Crippen LogP contribution in [0.15, 0.2) is 40.1 Å². The smallest absolute Gasteiger partial charge is 0.158 e. The number of nitrogen functional groups attached to an aromatic ring is 1. The average Bonchev–Trinajstić information content (AvgIpc) is 2.39. The van der Waals surface area contributed by atoms with Gasteiger partial charge in [0.25, 0.3) is 0 Å². The van der Waals surface area contributed by atoms with Crippen molar-refractivity contribution in [3.63, 3.8) is 0 Å². The van der Waals surface area contributed by atoms with Crippen LogP contribution in [0, 0.1) is 0 Å². The van der Waals surface area contributed by atoms with Gasteiger partial charge in [0.1, 0.15) is 11.4 Å². The van der Waals surface area contributed by atoms with E-state index in [0.717, 1.165) is 20.3 Å². The third-order valence-corrected chi connectivity index (χ3v) is 4.51. The zero-order valence-electron chi connectivity index (χ0n) is 9.23. The fourth-order valence-corrected chi connectivity index (χ4v) is 2.92. The van der Waals surface area contributed by atoms with Crippen LogP contribution in [0.5, 0.6) is 0 Å². The molecule has 7 heteroatoms. The van der Waals surface area contributed by atoms with Crippen molar-refractivity contribution in [2.24, 2.45) is 5.84 Å². The van der Waals surface area contributed by atoms with Gasteiger partial charge in [-0.1, -0.05) is 23.7 Å². The van der Waals surface area contributed by atoms with Gasteiger partial charge in [-0.3, -0.25) is 0 Å². The van der Waals surface area contributed by atoms with Crippen LogP contribution >= 0.6 is 39.3 Å². The third-order valence-electron chi connectivity index (χ3n) is 2.18. The summed E-state index contributed by atoms with van der Waals surface area (Å²) in [4.78, 5) is 8.20. The maximum absolute atomic E-state index is 5.84. The van der Waals surface area contributed by atoms with Crippen molar-refractivity contribution in [2.45, 2.75) is 10.8 Å². The van der Waals surface area contributed by atoms with Gasteiger partial charge in [0.2, 0.25) is 0 Å². The van der Waals surface area contributed by atoms with Gasteiger partial charge in [-0.2, -0.15) is 0 Å². The number of halogens is 2. The van der Waals surface area contributed by atoms with Crippen molar-refractivity contribution in [3.05, 3.63) is 45.7 Å². The average molecular weight is 346 g/mol. The Kier molecular flexibility index (Phi) is 4.82. The summed E-state index contributed by atoms with van der Waals surface area (Å²) in [5.41, 5.74) is 3.69. The molecular weight excluding hydrogens is 336 g/mol. The molecule has 0 saturated heterocycles. The molecule has 0 amide bonds. The minimum absolute atomic E-state index is 0.573. The Morgan fingerprint density at radius 2 is 2.00 bits per heavy atom. The fraction of sp³-hybridized carbons (Fsp3) is 0.0909. The second kappa shape index (κ2) is 6.38. The van der Waals surface area contributed by atoms with Crippen LogP contribution in [0.4, 0.5) is 5.82 Å². The van der Waals surface area contributed by atoms with Crippen LogP contribution in [0.2, 0.25) is 5.02 Å². The van der Waals surface area contributed by atoms with Crippen molar-refractivity contribution >= 4 is 45.1 Å². The predicted molar refractivity (Wildman–Crippen MR) is 78.6 cm³/mol. The SMILES string of the molecule is NNc1ncnc(SCc2ccc(Cl)cc2)c1Br. The van der Waals surface area contributed by atoms with Gasteiger partial charge >= 0.3 is 0 Å². The number of hydrogen-bond acceptors (Lipinski definition) is 5. The lowest BCUT2D eigenvalue weighted by Gasteiger charge is -2.06. The van der Waals surface area contributed by atoms with Crippen LogP contribution in [0.25, 0.3) is 0 Å². The van der Waals surface area contributed by atoms with Crippen molar-refractivity contribution in [3.8, 4) is 0 Å².